The minimum absolute atomic E-state index is 0.194. The van der Waals surface area contributed by atoms with E-state index in [0.29, 0.717) is 22.8 Å². The minimum Gasteiger partial charge on any atom is -0.322 e. The van der Waals surface area contributed by atoms with Crippen molar-refractivity contribution in [1.29, 1.82) is 0 Å². The number of hydrogen-bond donors (Lipinski definition) is 1. The maximum atomic E-state index is 12.6. The number of rotatable bonds is 4. The molecule has 132 valence electrons. The molecule has 3 aromatic rings. The molecular weight excluding hydrogens is 416 g/mol. The van der Waals surface area contributed by atoms with Crippen LogP contribution in [0.2, 0.25) is 5.02 Å². The summed E-state index contributed by atoms with van der Waals surface area (Å²) in [6.45, 7) is 2.22. The molecule has 0 saturated carbocycles. The Hall–Kier alpha value is -2.37. The highest BCUT2D eigenvalue weighted by molar-refractivity contribution is 9.10. The van der Waals surface area contributed by atoms with Crippen LogP contribution in [-0.4, -0.2) is 10.5 Å². The molecule has 26 heavy (non-hydrogen) atoms. The highest BCUT2D eigenvalue weighted by Crippen LogP contribution is 2.21. The van der Waals surface area contributed by atoms with Crippen LogP contribution >= 0.6 is 27.5 Å². The van der Waals surface area contributed by atoms with Crippen molar-refractivity contribution in [2.75, 3.05) is 5.32 Å². The van der Waals surface area contributed by atoms with Crippen molar-refractivity contribution < 1.29 is 4.79 Å². The summed E-state index contributed by atoms with van der Waals surface area (Å²) in [5.74, 6) is -0.279. The molecule has 0 atom stereocenters. The van der Waals surface area contributed by atoms with Crippen molar-refractivity contribution in [3.8, 4) is 0 Å². The predicted molar refractivity (Wildman–Crippen MR) is 108 cm³/mol. The first-order chi connectivity index (χ1) is 12.4. The fourth-order valence-corrected chi connectivity index (χ4v) is 3.08. The molecule has 0 unspecified atom stereocenters. The molecule has 0 radical (unpaired) electrons. The standard InChI is InChI=1S/C20H16BrClN2O2/c1-13-6-8-16(21)10-18(13)23-20(26)15-7-9-19(25)24(12-15)11-14-4-2-3-5-17(14)22/h2-10,12H,11H2,1H3,(H,23,26). The average molecular weight is 432 g/mol. The Balaban J connectivity index is 1.87. The van der Waals surface area contributed by atoms with E-state index in [-0.39, 0.29) is 11.5 Å². The van der Waals surface area contributed by atoms with E-state index in [1.165, 1.54) is 16.7 Å². The summed E-state index contributed by atoms with van der Waals surface area (Å²) in [4.78, 5) is 24.7. The quantitative estimate of drug-likeness (QED) is 0.640. The number of nitrogens with one attached hydrogen (secondary N) is 1. The summed E-state index contributed by atoms with van der Waals surface area (Å²) < 4.78 is 2.35. The van der Waals surface area contributed by atoms with Crippen LogP contribution in [0.5, 0.6) is 0 Å². The fraction of sp³-hybridized carbons (Fsp3) is 0.100. The van der Waals surface area contributed by atoms with Crippen LogP contribution in [0.3, 0.4) is 0 Å². The van der Waals surface area contributed by atoms with Gasteiger partial charge in [0, 0.05) is 27.4 Å². The fourth-order valence-electron chi connectivity index (χ4n) is 2.52. The van der Waals surface area contributed by atoms with Crippen molar-refractivity contribution in [2.45, 2.75) is 13.5 Å². The Kier molecular flexibility index (Phi) is 5.59. The van der Waals surface area contributed by atoms with E-state index in [1.54, 1.807) is 12.3 Å². The highest BCUT2D eigenvalue weighted by atomic mass is 79.9. The number of amides is 1. The number of hydrogen-bond acceptors (Lipinski definition) is 2. The number of benzene rings is 2. The van der Waals surface area contributed by atoms with Gasteiger partial charge in [-0.3, -0.25) is 9.59 Å². The van der Waals surface area contributed by atoms with Crippen LogP contribution in [0.25, 0.3) is 0 Å². The number of pyridine rings is 1. The van der Waals surface area contributed by atoms with Gasteiger partial charge in [-0.15, -0.1) is 0 Å². The van der Waals surface area contributed by atoms with E-state index in [4.69, 9.17) is 11.6 Å². The molecule has 1 heterocycles. The normalized spacial score (nSPS) is 10.6. The Morgan fingerprint density at radius 1 is 1.15 bits per heavy atom. The van der Waals surface area contributed by atoms with Gasteiger partial charge in [-0.2, -0.15) is 0 Å². The molecule has 0 bridgehead atoms. The Morgan fingerprint density at radius 2 is 1.92 bits per heavy atom. The van der Waals surface area contributed by atoms with Crippen LogP contribution in [0.4, 0.5) is 5.69 Å². The second-order valence-corrected chi connectivity index (χ2v) is 7.21. The molecule has 2 aromatic carbocycles. The van der Waals surface area contributed by atoms with Crippen molar-refractivity contribution in [1.82, 2.24) is 4.57 Å². The van der Waals surface area contributed by atoms with Crippen LogP contribution in [-0.2, 0) is 6.54 Å². The van der Waals surface area contributed by atoms with Crippen LogP contribution in [0, 0.1) is 6.92 Å². The zero-order valence-corrected chi connectivity index (χ0v) is 16.3. The summed E-state index contributed by atoms with van der Waals surface area (Å²) in [5, 5.41) is 3.46. The lowest BCUT2D eigenvalue weighted by Crippen LogP contribution is -2.22. The van der Waals surface area contributed by atoms with Crippen LogP contribution in [0.1, 0.15) is 21.5 Å². The minimum atomic E-state index is -0.279. The molecule has 0 fully saturated rings. The van der Waals surface area contributed by atoms with Crippen molar-refractivity contribution >= 4 is 39.1 Å². The maximum absolute atomic E-state index is 12.6. The highest BCUT2D eigenvalue weighted by Gasteiger charge is 2.11. The number of nitrogens with zero attached hydrogens (tertiary/aromatic N) is 1. The van der Waals surface area contributed by atoms with Gasteiger partial charge in [-0.05, 0) is 42.3 Å². The number of halogens is 2. The summed E-state index contributed by atoms with van der Waals surface area (Å²) in [6, 6.07) is 15.9. The summed E-state index contributed by atoms with van der Waals surface area (Å²) in [6.07, 6.45) is 1.55. The molecule has 1 N–H and O–H groups in total. The van der Waals surface area contributed by atoms with E-state index in [1.807, 2.05) is 43.3 Å². The molecule has 0 spiro atoms. The number of carbonyl (C=O) groups excluding carboxylic acids is 1. The molecule has 0 aliphatic rings. The average Bonchev–Trinajstić information content (AvgIpc) is 2.62. The Bertz CT molecular complexity index is 1030. The second-order valence-electron chi connectivity index (χ2n) is 5.89. The van der Waals surface area contributed by atoms with Crippen molar-refractivity contribution in [3.63, 3.8) is 0 Å². The van der Waals surface area contributed by atoms with E-state index in [0.717, 1.165) is 15.6 Å². The zero-order valence-electron chi connectivity index (χ0n) is 14.0. The second kappa shape index (κ2) is 7.89. The van der Waals surface area contributed by atoms with Gasteiger partial charge < -0.3 is 9.88 Å². The van der Waals surface area contributed by atoms with Crippen LogP contribution in [0.15, 0.2) is 70.1 Å². The molecule has 0 saturated heterocycles. The first-order valence-electron chi connectivity index (χ1n) is 7.95. The molecule has 4 nitrogen and oxygen atoms in total. The van der Waals surface area contributed by atoms with Gasteiger partial charge in [-0.25, -0.2) is 0 Å². The van der Waals surface area contributed by atoms with Crippen molar-refractivity contribution in [3.05, 3.63) is 97.3 Å². The molecule has 0 aliphatic carbocycles. The van der Waals surface area contributed by atoms with Gasteiger partial charge in [0.15, 0.2) is 0 Å². The lowest BCUT2D eigenvalue weighted by Gasteiger charge is -2.11. The molecule has 0 aliphatic heterocycles. The van der Waals surface area contributed by atoms with E-state index in [2.05, 4.69) is 21.2 Å². The number of carbonyl (C=O) groups is 1. The molecular formula is C20H16BrClN2O2. The van der Waals surface area contributed by atoms with Gasteiger partial charge in [0.1, 0.15) is 0 Å². The first-order valence-corrected chi connectivity index (χ1v) is 9.12. The van der Waals surface area contributed by atoms with E-state index >= 15 is 0 Å². The molecule has 1 amide bonds. The Labute approximate surface area is 164 Å². The third-order valence-electron chi connectivity index (χ3n) is 3.99. The smallest absolute Gasteiger partial charge is 0.257 e. The lowest BCUT2D eigenvalue weighted by atomic mass is 10.2. The van der Waals surface area contributed by atoms with E-state index in [9.17, 15) is 9.59 Å². The number of aromatic nitrogens is 1. The summed E-state index contributed by atoms with van der Waals surface area (Å²) >= 11 is 9.57. The first kappa shape index (κ1) is 18.4. The third-order valence-corrected chi connectivity index (χ3v) is 4.85. The lowest BCUT2D eigenvalue weighted by molar-refractivity contribution is 0.102. The number of aryl methyl sites for hydroxylation is 1. The maximum Gasteiger partial charge on any atom is 0.257 e. The SMILES string of the molecule is Cc1ccc(Br)cc1NC(=O)c1ccc(=O)n(Cc2ccccc2Cl)c1. The summed E-state index contributed by atoms with van der Waals surface area (Å²) in [5.41, 5.74) is 2.69. The van der Waals surface area contributed by atoms with Gasteiger partial charge in [0.2, 0.25) is 0 Å². The largest absolute Gasteiger partial charge is 0.322 e. The third kappa shape index (κ3) is 4.23. The Morgan fingerprint density at radius 3 is 2.69 bits per heavy atom. The monoisotopic (exact) mass is 430 g/mol. The topological polar surface area (TPSA) is 51.1 Å². The van der Waals surface area contributed by atoms with E-state index < -0.39 is 0 Å². The van der Waals surface area contributed by atoms with Gasteiger partial charge in [-0.1, -0.05) is 51.8 Å². The number of anilines is 1. The van der Waals surface area contributed by atoms with Gasteiger partial charge >= 0.3 is 0 Å². The van der Waals surface area contributed by atoms with Gasteiger partial charge in [0.05, 0.1) is 12.1 Å². The van der Waals surface area contributed by atoms with Gasteiger partial charge in [0.25, 0.3) is 11.5 Å². The predicted octanol–water partition coefficient (Wildman–Crippen LogP) is 4.87. The molecule has 3 rings (SSSR count). The van der Waals surface area contributed by atoms with Crippen LogP contribution < -0.4 is 10.9 Å². The molecule has 6 heteroatoms. The molecule has 1 aromatic heterocycles. The summed E-state index contributed by atoms with van der Waals surface area (Å²) in [7, 11) is 0. The zero-order chi connectivity index (χ0) is 18.7. The van der Waals surface area contributed by atoms with Crippen molar-refractivity contribution in [2.24, 2.45) is 0 Å².